The molecule has 11 aromatic rings. The number of rotatable bonds is 4. The molecule has 0 saturated heterocycles. The Morgan fingerprint density at radius 2 is 0.962 bits per heavy atom. The molecule has 53 heavy (non-hydrogen) atoms. The summed E-state index contributed by atoms with van der Waals surface area (Å²) in [6.45, 7) is 2.18. The van der Waals surface area contributed by atoms with Crippen molar-refractivity contribution >= 4 is 81.5 Å². The van der Waals surface area contributed by atoms with E-state index >= 15 is 0 Å². The van der Waals surface area contributed by atoms with Crippen molar-refractivity contribution in [2.45, 2.75) is 6.92 Å². The maximum absolute atomic E-state index is 6.38. The van der Waals surface area contributed by atoms with E-state index in [0.29, 0.717) is 0 Å². The summed E-state index contributed by atoms with van der Waals surface area (Å²) >= 11 is 3.74. The van der Waals surface area contributed by atoms with E-state index in [2.05, 4.69) is 190 Å². The van der Waals surface area contributed by atoms with Gasteiger partial charge in [0.25, 0.3) is 0 Å². The fourth-order valence-corrected chi connectivity index (χ4v) is 8.75. The van der Waals surface area contributed by atoms with Gasteiger partial charge in [-0.25, -0.2) is 0 Å². The molecule has 8 aromatic carbocycles. The number of halogens is 1. The molecule has 3 aromatic heterocycles. The summed E-state index contributed by atoms with van der Waals surface area (Å²) in [5, 5.41) is 7.25. The molecule has 0 amide bonds. The first-order valence-electron chi connectivity index (χ1n) is 17.9. The summed E-state index contributed by atoms with van der Waals surface area (Å²) in [6, 6.07) is 61.4. The average Bonchev–Trinajstić information content (AvgIpc) is 3.85. The zero-order valence-electron chi connectivity index (χ0n) is 28.8. The van der Waals surface area contributed by atoms with Gasteiger partial charge in [0, 0.05) is 53.7 Å². The number of fused-ring (bicyclic) bond motifs is 9. The van der Waals surface area contributed by atoms with E-state index < -0.39 is 0 Å². The third-order valence-corrected chi connectivity index (χ3v) is 11.3. The van der Waals surface area contributed by atoms with Crippen LogP contribution in [0.3, 0.4) is 0 Å². The molecule has 250 valence electrons. The van der Waals surface area contributed by atoms with Gasteiger partial charge in [0.05, 0.1) is 22.1 Å². The van der Waals surface area contributed by atoms with Crippen LogP contribution < -0.4 is 0 Å². The van der Waals surface area contributed by atoms with Gasteiger partial charge in [-0.1, -0.05) is 106 Å². The number of benzene rings is 8. The van der Waals surface area contributed by atoms with Gasteiger partial charge in [-0.05, 0) is 109 Å². The zero-order chi connectivity index (χ0) is 35.2. The molecular formula is C49H31BrN2O. The predicted octanol–water partition coefficient (Wildman–Crippen LogP) is 14.2. The van der Waals surface area contributed by atoms with Crippen molar-refractivity contribution in [3.05, 3.63) is 180 Å². The molecule has 0 unspecified atom stereocenters. The highest BCUT2D eigenvalue weighted by Gasteiger charge is 2.18. The van der Waals surface area contributed by atoms with Crippen molar-refractivity contribution in [1.82, 2.24) is 9.13 Å². The minimum Gasteiger partial charge on any atom is -0.455 e. The number of aryl methyl sites for hydroxylation is 1. The van der Waals surface area contributed by atoms with Crippen LogP contribution in [-0.2, 0) is 0 Å². The summed E-state index contributed by atoms with van der Waals surface area (Å²) in [5.74, 6) is 0. The van der Waals surface area contributed by atoms with Crippen molar-refractivity contribution in [1.29, 1.82) is 0 Å². The largest absolute Gasteiger partial charge is 0.455 e. The maximum atomic E-state index is 6.38. The Kier molecular flexibility index (Phi) is 6.61. The third-order valence-electron chi connectivity index (χ3n) is 10.8. The molecule has 3 nitrogen and oxygen atoms in total. The van der Waals surface area contributed by atoms with E-state index in [9.17, 15) is 0 Å². The zero-order valence-corrected chi connectivity index (χ0v) is 30.4. The van der Waals surface area contributed by atoms with Gasteiger partial charge in [-0.15, -0.1) is 0 Å². The second-order valence-electron chi connectivity index (χ2n) is 14.0. The van der Waals surface area contributed by atoms with Crippen LogP contribution in [0.15, 0.2) is 179 Å². The lowest BCUT2D eigenvalue weighted by atomic mass is 10.00. The highest BCUT2D eigenvalue weighted by atomic mass is 79.9. The molecule has 3 heterocycles. The molecule has 0 atom stereocenters. The Bertz CT molecular complexity index is 3240. The van der Waals surface area contributed by atoms with Crippen LogP contribution in [0.25, 0.3) is 99.2 Å². The van der Waals surface area contributed by atoms with Crippen LogP contribution >= 0.6 is 15.9 Å². The Balaban J connectivity index is 1.05. The van der Waals surface area contributed by atoms with E-state index in [4.69, 9.17) is 4.42 Å². The minimum atomic E-state index is 0.915. The Hall–Kier alpha value is -6.36. The summed E-state index contributed by atoms with van der Waals surface area (Å²) in [7, 11) is 0. The van der Waals surface area contributed by atoms with Crippen molar-refractivity contribution in [2.75, 3.05) is 0 Å². The van der Waals surface area contributed by atoms with Crippen LogP contribution in [0.4, 0.5) is 0 Å². The fraction of sp³-hybridized carbons (Fsp3) is 0.0204. The second-order valence-corrected chi connectivity index (χ2v) is 14.9. The van der Waals surface area contributed by atoms with E-state index in [1.165, 1.54) is 60.3 Å². The molecule has 0 spiro atoms. The Labute approximate surface area is 314 Å². The van der Waals surface area contributed by atoms with Crippen LogP contribution in [0.1, 0.15) is 5.56 Å². The lowest BCUT2D eigenvalue weighted by Crippen LogP contribution is -1.94. The first kappa shape index (κ1) is 30.3. The number of aromatic nitrogens is 2. The molecule has 0 aliphatic carbocycles. The topological polar surface area (TPSA) is 23.0 Å². The molecule has 0 aliphatic heterocycles. The predicted molar refractivity (Wildman–Crippen MR) is 226 cm³/mol. The van der Waals surface area contributed by atoms with Gasteiger partial charge in [-0.2, -0.15) is 0 Å². The quantitative estimate of drug-likeness (QED) is 0.176. The third kappa shape index (κ3) is 4.66. The molecule has 0 aliphatic rings. The second kappa shape index (κ2) is 11.6. The molecule has 0 N–H and O–H groups in total. The summed E-state index contributed by atoms with van der Waals surface area (Å²) < 4.78 is 12.2. The lowest BCUT2D eigenvalue weighted by molar-refractivity contribution is 0.670. The number of hydrogen-bond acceptors (Lipinski definition) is 1. The fourth-order valence-electron chi connectivity index (χ4n) is 8.39. The summed E-state index contributed by atoms with van der Waals surface area (Å²) in [5.41, 5.74) is 14.8. The standard InChI is InChI=1S/C49H31BrN2O/c1-30-14-22-44-40(26-30)41-27-32(33-18-24-46-42(28-33)43-29-34(50)19-25-47(43)51(46)35-8-3-2-4-9-35)17-23-45(41)52(44)36-20-15-31(16-21-36)37-11-7-12-39-38-10-5-6-13-48(38)53-49(37)39/h2-29H,1H3. The van der Waals surface area contributed by atoms with Gasteiger partial charge in [0.15, 0.2) is 0 Å². The maximum Gasteiger partial charge on any atom is 0.143 e. The van der Waals surface area contributed by atoms with E-state index in [1.807, 2.05) is 12.1 Å². The van der Waals surface area contributed by atoms with Gasteiger partial charge < -0.3 is 13.6 Å². The molecule has 0 saturated carbocycles. The van der Waals surface area contributed by atoms with E-state index in [-0.39, 0.29) is 0 Å². The molecule has 0 fully saturated rings. The summed E-state index contributed by atoms with van der Waals surface area (Å²) in [6.07, 6.45) is 0. The SMILES string of the molecule is Cc1ccc2c(c1)c1cc(-c3ccc4c(c3)c3cc(Br)ccc3n4-c3ccccc3)ccc1n2-c1ccc(-c2cccc3c2oc2ccccc23)cc1. The molecule has 0 bridgehead atoms. The van der Waals surface area contributed by atoms with Gasteiger partial charge in [0.2, 0.25) is 0 Å². The highest BCUT2D eigenvalue weighted by molar-refractivity contribution is 9.10. The van der Waals surface area contributed by atoms with E-state index in [1.54, 1.807) is 0 Å². The minimum absolute atomic E-state index is 0.915. The molecule has 0 radical (unpaired) electrons. The smallest absolute Gasteiger partial charge is 0.143 e. The van der Waals surface area contributed by atoms with Crippen LogP contribution in [0.2, 0.25) is 0 Å². The first-order chi connectivity index (χ1) is 26.1. The highest BCUT2D eigenvalue weighted by Crippen LogP contribution is 2.40. The Morgan fingerprint density at radius 1 is 0.415 bits per heavy atom. The lowest BCUT2D eigenvalue weighted by Gasteiger charge is -2.10. The number of hydrogen-bond donors (Lipinski definition) is 0. The van der Waals surface area contributed by atoms with Crippen molar-refractivity contribution in [3.8, 4) is 33.6 Å². The van der Waals surface area contributed by atoms with Gasteiger partial charge >= 0.3 is 0 Å². The summed E-state index contributed by atoms with van der Waals surface area (Å²) in [4.78, 5) is 0. The first-order valence-corrected chi connectivity index (χ1v) is 18.7. The van der Waals surface area contributed by atoms with Crippen LogP contribution in [-0.4, -0.2) is 9.13 Å². The van der Waals surface area contributed by atoms with E-state index in [0.717, 1.165) is 48.9 Å². The van der Waals surface area contributed by atoms with Crippen molar-refractivity contribution in [3.63, 3.8) is 0 Å². The van der Waals surface area contributed by atoms with Gasteiger partial charge in [0.1, 0.15) is 11.2 Å². The number of para-hydroxylation sites is 3. The van der Waals surface area contributed by atoms with Gasteiger partial charge in [-0.3, -0.25) is 0 Å². The molecular weight excluding hydrogens is 712 g/mol. The van der Waals surface area contributed by atoms with Crippen molar-refractivity contribution in [2.24, 2.45) is 0 Å². The molecule has 4 heteroatoms. The normalized spacial score (nSPS) is 12.0. The number of furan rings is 1. The number of nitrogens with zero attached hydrogens (tertiary/aromatic N) is 2. The molecule has 11 rings (SSSR count). The van der Waals surface area contributed by atoms with Crippen LogP contribution in [0, 0.1) is 6.92 Å². The Morgan fingerprint density at radius 3 is 1.68 bits per heavy atom. The van der Waals surface area contributed by atoms with Crippen LogP contribution in [0.5, 0.6) is 0 Å². The average molecular weight is 744 g/mol. The monoisotopic (exact) mass is 742 g/mol. The van der Waals surface area contributed by atoms with Crippen molar-refractivity contribution < 1.29 is 4.42 Å².